The zero-order chi connectivity index (χ0) is 11.3. The minimum absolute atomic E-state index is 0.981. The van der Waals surface area contributed by atoms with E-state index >= 15 is 0 Å². The first-order chi connectivity index (χ1) is 7.65. The van der Waals surface area contributed by atoms with Gasteiger partial charge in [-0.15, -0.1) is 0 Å². The van der Waals surface area contributed by atoms with Gasteiger partial charge in [-0.2, -0.15) is 0 Å². The number of hydrogen-bond acceptors (Lipinski definition) is 1. The van der Waals surface area contributed by atoms with Crippen molar-refractivity contribution < 1.29 is 4.42 Å². The molecule has 0 fully saturated rings. The molecule has 1 heteroatoms. The minimum Gasteiger partial charge on any atom is -0.456 e. The largest absolute Gasteiger partial charge is 0.456 e. The summed E-state index contributed by atoms with van der Waals surface area (Å²) in [5.74, 6) is 0. The molecule has 0 saturated heterocycles. The molecule has 2 aromatic carbocycles. The van der Waals surface area contributed by atoms with Crippen LogP contribution in [0, 0.1) is 20.8 Å². The first-order valence-electron chi connectivity index (χ1n) is 5.55. The molecule has 0 aliphatic rings. The van der Waals surface area contributed by atoms with Crippen LogP contribution in [-0.4, -0.2) is 0 Å². The predicted octanol–water partition coefficient (Wildman–Crippen LogP) is 4.51. The molecule has 1 nitrogen and oxygen atoms in total. The third-order valence-electron chi connectivity index (χ3n) is 3.07. The van der Waals surface area contributed by atoms with Gasteiger partial charge in [0, 0.05) is 10.8 Å². The maximum absolute atomic E-state index is 5.87. The number of aryl methyl sites for hydroxylation is 3. The molecule has 80 valence electrons. The first-order valence-corrected chi connectivity index (χ1v) is 5.55. The van der Waals surface area contributed by atoms with Crippen molar-refractivity contribution in [2.75, 3.05) is 0 Å². The molecule has 0 aliphatic heterocycles. The fourth-order valence-electron chi connectivity index (χ4n) is 2.40. The van der Waals surface area contributed by atoms with Crippen LogP contribution >= 0.6 is 0 Å². The molecule has 0 amide bonds. The number of fused-ring (bicyclic) bond motifs is 3. The highest BCUT2D eigenvalue weighted by atomic mass is 16.3. The van der Waals surface area contributed by atoms with Crippen LogP contribution in [0.5, 0.6) is 0 Å². The fraction of sp³-hybridized carbons (Fsp3) is 0.200. The van der Waals surface area contributed by atoms with Crippen molar-refractivity contribution in [3.8, 4) is 0 Å². The van der Waals surface area contributed by atoms with Gasteiger partial charge in [-0.25, -0.2) is 0 Å². The van der Waals surface area contributed by atoms with Crippen LogP contribution < -0.4 is 0 Å². The molecule has 3 aromatic rings. The van der Waals surface area contributed by atoms with Crippen molar-refractivity contribution in [1.29, 1.82) is 0 Å². The van der Waals surface area contributed by atoms with Gasteiger partial charge in [0.1, 0.15) is 11.2 Å². The van der Waals surface area contributed by atoms with Crippen LogP contribution in [0.25, 0.3) is 21.9 Å². The van der Waals surface area contributed by atoms with Gasteiger partial charge >= 0.3 is 0 Å². The average Bonchev–Trinajstić information content (AvgIpc) is 2.54. The highest BCUT2D eigenvalue weighted by Crippen LogP contribution is 2.32. The normalized spacial score (nSPS) is 11.4. The van der Waals surface area contributed by atoms with Crippen LogP contribution in [0.1, 0.15) is 16.7 Å². The van der Waals surface area contributed by atoms with Gasteiger partial charge in [-0.1, -0.05) is 17.7 Å². The van der Waals surface area contributed by atoms with Gasteiger partial charge in [0.05, 0.1) is 0 Å². The summed E-state index contributed by atoms with van der Waals surface area (Å²) in [7, 11) is 0. The van der Waals surface area contributed by atoms with Crippen LogP contribution in [0.3, 0.4) is 0 Å². The second kappa shape index (κ2) is 3.11. The van der Waals surface area contributed by atoms with Crippen LogP contribution in [0.4, 0.5) is 0 Å². The molecule has 16 heavy (non-hydrogen) atoms. The van der Waals surface area contributed by atoms with Crippen molar-refractivity contribution in [3.05, 3.63) is 47.0 Å². The Bertz CT molecular complexity index is 689. The fourth-order valence-corrected chi connectivity index (χ4v) is 2.40. The summed E-state index contributed by atoms with van der Waals surface area (Å²) in [6, 6.07) is 10.7. The average molecular weight is 210 g/mol. The standard InChI is InChI=1S/C15H14O/c1-9-4-5-13-12(7-9)15-11(3)6-10(2)8-14(15)16-13/h4-8H,1-3H3. The Hall–Kier alpha value is -1.76. The Labute approximate surface area is 94.7 Å². The third-order valence-corrected chi connectivity index (χ3v) is 3.07. The molecule has 0 spiro atoms. The van der Waals surface area contributed by atoms with Gasteiger partial charge in [-0.05, 0) is 50.1 Å². The highest BCUT2D eigenvalue weighted by Gasteiger charge is 2.09. The maximum Gasteiger partial charge on any atom is 0.135 e. The Kier molecular flexibility index (Phi) is 1.84. The SMILES string of the molecule is Cc1cc(C)c2c(c1)oc1ccc(C)cc12. The topological polar surface area (TPSA) is 13.1 Å². The van der Waals surface area contributed by atoms with Crippen LogP contribution in [0.15, 0.2) is 34.7 Å². The zero-order valence-electron chi connectivity index (χ0n) is 9.79. The van der Waals surface area contributed by atoms with E-state index in [1.54, 1.807) is 0 Å². The molecule has 0 aliphatic carbocycles. The molecule has 0 radical (unpaired) electrons. The lowest BCUT2D eigenvalue weighted by Gasteiger charge is -1.98. The number of furan rings is 1. The smallest absolute Gasteiger partial charge is 0.135 e. The molecule has 1 heterocycles. The summed E-state index contributed by atoms with van der Waals surface area (Å²) >= 11 is 0. The molecule has 0 saturated carbocycles. The predicted molar refractivity (Wildman–Crippen MR) is 67.9 cm³/mol. The van der Waals surface area contributed by atoms with E-state index in [2.05, 4.69) is 51.1 Å². The highest BCUT2D eigenvalue weighted by molar-refractivity contribution is 6.07. The molecule has 1 aromatic heterocycles. The van der Waals surface area contributed by atoms with Gasteiger partial charge < -0.3 is 4.42 Å². The van der Waals surface area contributed by atoms with Crippen LogP contribution in [-0.2, 0) is 0 Å². The van der Waals surface area contributed by atoms with Crippen LogP contribution in [0.2, 0.25) is 0 Å². The van der Waals surface area contributed by atoms with Crippen molar-refractivity contribution in [2.45, 2.75) is 20.8 Å². The maximum atomic E-state index is 5.87. The molecular weight excluding hydrogens is 196 g/mol. The van der Waals surface area contributed by atoms with Crippen molar-refractivity contribution in [1.82, 2.24) is 0 Å². The van der Waals surface area contributed by atoms with E-state index in [-0.39, 0.29) is 0 Å². The van der Waals surface area contributed by atoms with Gasteiger partial charge in [0.25, 0.3) is 0 Å². The molecule has 0 atom stereocenters. The van der Waals surface area contributed by atoms with E-state index in [9.17, 15) is 0 Å². The number of hydrogen-bond donors (Lipinski definition) is 0. The molecule has 3 rings (SSSR count). The van der Waals surface area contributed by atoms with E-state index in [1.807, 2.05) is 0 Å². The summed E-state index contributed by atoms with van der Waals surface area (Å²) in [5.41, 5.74) is 5.79. The summed E-state index contributed by atoms with van der Waals surface area (Å²) in [6.45, 7) is 6.36. The van der Waals surface area contributed by atoms with Crippen molar-refractivity contribution in [2.24, 2.45) is 0 Å². The number of rotatable bonds is 0. The molecular formula is C15H14O. The Balaban J connectivity index is 2.57. The Morgan fingerprint density at radius 2 is 1.62 bits per heavy atom. The lowest BCUT2D eigenvalue weighted by Crippen LogP contribution is -1.78. The molecule has 0 unspecified atom stereocenters. The van der Waals surface area contributed by atoms with Gasteiger partial charge in [0.2, 0.25) is 0 Å². The monoisotopic (exact) mass is 210 g/mol. The zero-order valence-corrected chi connectivity index (χ0v) is 9.79. The molecule has 0 bridgehead atoms. The van der Waals surface area contributed by atoms with E-state index in [4.69, 9.17) is 4.42 Å². The lowest BCUT2D eigenvalue weighted by molar-refractivity contribution is 0.668. The lowest BCUT2D eigenvalue weighted by atomic mass is 10.0. The summed E-state index contributed by atoms with van der Waals surface area (Å²) in [6.07, 6.45) is 0. The first kappa shape index (κ1) is 9.46. The summed E-state index contributed by atoms with van der Waals surface area (Å²) in [5, 5.41) is 2.48. The van der Waals surface area contributed by atoms with E-state index in [0.29, 0.717) is 0 Å². The Morgan fingerprint density at radius 1 is 0.812 bits per heavy atom. The van der Waals surface area contributed by atoms with Crippen molar-refractivity contribution in [3.63, 3.8) is 0 Å². The van der Waals surface area contributed by atoms with E-state index < -0.39 is 0 Å². The molecule has 0 N–H and O–H groups in total. The summed E-state index contributed by atoms with van der Waals surface area (Å²) in [4.78, 5) is 0. The second-order valence-corrected chi connectivity index (χ2v) is 4.56. The van der Waals surface area contributed by atoms with E-state index in [0.717, 1.165) is 11.2 Å². The number of benzene rings is 2. The van der Waals surface area contributed by atoms with Gasteiger partial charge in [-0.3, -0.25) is 0 Å². The van der Waals surface area contributed by atoms with Crippen molar-refractivity contribution >= 4 is 21.9 Å². The van der Waals surface area contributed by atoms with Gasteiger partial charge in [0.15, 0.2) is 0 Å². The second-order valence-electron chi connectivity index (χ2n) is 4.56. The quantitative estimate of drug-likeness (QED) is 0.532. The summed E-state index contributed by atoms with van der Waals surface area (Å²) < 4.78 is 5.87. The Morgan fingerprint density at radius 3 is 2.44 bits per heavy atom. The minimum atomic E-state index is 0.981. The van der Waals surface area contributed by atoms with E-state index in [1.165, 1.54) is 27.5 Å². The third kappa shape index (κ3) is 1.25.